The number of rotatable bonds is 4. The molecule has 0 spiro atoms. The average Bonchev–Trinajstić information content (AvgIpc) is 2.54. The highest BCUT2D eigenvalue weighted by atomic mass is 35.5. The van der Waals surface area contributed by atoms with Gasteiger partial charge in [-0.3, -0.25) is 4.79 Å². The van der Waals surface area contributed by atoms with E-state index in [1.807, 2.05) is 13.8 Å². The Labute approximate surface area is 140 Å². The topological polar surface area (TPSA) is 83.4 Å². The second-order valence-corrected chi connectivity index (χ2v) is 6.75. The van der Waals surface area contributed by atoms with Crippen LogP contribution in [0, 0.1) is 0 Å². The lowest BCUT2D eigenvalue weighted by atomic mass is 9.80. The van der Waals surface area contributed by atoms with Crippen LogP contribution in [0.5, 0.6) is 0 Å². The maximum absolute atomic E-state index is 12.8. The lowest BCUT2D eigenvalue weighted by molar-refractivity contribution is -0.151. The minimum atomic E-state index is -1.18. The molecule has 1 aliphatic carbocycles. The van der Waals surface area contributed by atoms with Gasteiger partial charge in [-0.1, -0.05) is 44.7 Å². The lowest BCUT2D eigenvalue weighted by Gasteiger charge is -2.40. The maximum atomic E-state index is 12.8. The van der Waals surface area contributed by atoms with E-state index in [0.717, 1.165) is 19.3 Å². The van der Waals surface area contributed by atoms with Gasteiger partial charge in [-0.05, 0) is 12.8 Å². The fourth-order valence-corrected chi connectivity index (χ4v) is 3.16. The third-order valence-electron chi connectivity index (χ3n) is 4.51. The van der Waals surface area contributed by atoms with E-state index in [2.05, 4.69) is 9.97 Å². The normalized spacial score (nSPS) is 17.1. The lowest BCUT2D eigenvalue weighted by Crippen LogP contribution is -2.56. The first-order valence-electron chi connectivity index (χ1n) is 7.83. The number of likely N-dealkylation sites (N-methyl/N-ethyl adjacent to an activating group) is 1. The van der Waals surface area contributed by atoms with E-state index < -0.39 is 17.4 Å². The number of halogens is 1. The Hall–Kier alpha value is -1.69. The van der Waals surface area contributed by atoms with Crippen LogP contribution in [0.2, 0.25) is 5.02 Å². The highest BCUT2D eigenvalue weighted by Crippen LogP contribution is 2.34. The number of carbonyl (C=O) groups excluding carboxylic acids is 1. The molecule has 126 valence electrons. The van der Waals surface area contributed by atoms with Crippen LogP contribution >= 0.6 is 11.6 Å². The second kappa shape index (κ2) is 6.83. The summed E-state index contributed by atoms with van der Waals surface area (Å²) in [6.07, 6.45) is 4.87. The highest BCUT2D eigenvalue weighted by Gasteiger charge is 2.46. The maximum Gasteiger partial charge on any atom is 0.329 e. The van der Waals surface area contributed by atoms with E-state index in [1.165, 1.54) is 18.1 Å². The molecule has 0 atom stereocenters. The smallest absolute Gasteiger partial charge is 0.329 e. The Morgan fingerprint density at radius 1 is 1.30 bits per heavy atom. The molecule has 23 heavy (non-hydrogen) atoms. The Kier molecular flexibility index (Phi) is 5.24. The molecule has 0 unspecified atom stereocenters. The molecule has 1 saturated carbocycles. The molecule has 0 radical (unpaired) electrons. The molecule has 1 amide bonds. The van der Waals surface area contributed by atoms with Crippen LogP contribution in [-0.4, -0.2) is 44.4 Å². The van der Waals surface area contributed by atoms with Crippen molar-refractivity contribution in [2.45, 2.75) is 57.4 Å². The highest BCUT2D eigenvalue weighted by molar-refractivity contribution is 6.33. The van der Waals surface area contributed by atoms with Gasteiger partial charge in [0.1, 0.15) is 11.4 Å². The molecule has 1 aromatic heterocycles. The molecule has 1 aliphatic rings. The standard InChI is InChI=1S/C16H22ClN3O3/c1-10(2)13-18-9-11(17)12(19-13)14(21)20(3)16(15(22)23)7-5-4-6-8-16/h9-10H,4-8H2,1-3H3,(H,22,23). The molecule has 6 nitrogen and oxygen atoms in total. The zero-order valence-corrected chi connectivity index (χ0v) is 14.4. The van der Waals surface area contributed by atoms with Crippen molar-refractivity contribution >= 4 is 23.5 Å². The minimum absolute atomic E-state index is 0.0484. The van der Waals surface area contributed by atoms with Gasteiger partial charge in [-0.25, -0.2) is 14.8 Å². The third-order valence-corrected chi connectivity index (χ3v) is 4.78. The molecule has 0 aromatic carbocycles. The predicted octanol–water partition coefficient (Wildman–Crippen LogP) is 3.11. The van der Waals surface area contributed by atoms with Crippen LogP contribution in [0.25, 0.3) is 0 Å². The summed E-state index contributed by atoms with van der Waals surface area (Å²) < 4.78 is 0. The number of aromatic nitrogens is 2. The SMILES string of the molecule is CC(C)c1ncc(Cl)c(C(=O)N(C)C2(C(=O)O)CCCCC2)n1. The van der Waals surface area contributed by atoms with Crippen LogP contribution < -0.4 is 0 Å². The minimum Gasteiger partial charge on any atom is -0.479 e. The van der Waals surface area contributed by atoms with Crippen molar-refractivity contribution in [3.63, 3.8) is 0 Å². The number of aliphatic carboxylic acids is 1. The molecule has 1 aromatic rings. The Morgan fingerprint density at radius 2 is 1.91 bits per heavy atom. The summed E-state index contributed by atoms with van der Waals surface area (Å²) in [6, 6.07) is 0. The Balaban J connectivity index is 2.38. The quantitative estimate of drug-likeness (QED) is 0.911. The number of hydrogen-bond donors (Lipinski definition) is 1. The average molecular weight is 340 g/mol. The molecule has 1 fully saturated rings. The number of carboxylic acids is 1. The molecule has 0 saturated heterocycles. The third kappa shape index (κ3) is 3.32. The van der Waals surface area contributed by atoms with Gasteiger partial charge in [-0.15, -0.1) is 0 Å². The van der Waals surface area contributed by atoms with Crippen molar-refractivity contribution < 1.29 is 14.7 Å². The van der Waals surface area contributed by atoms with Crippen LogP contribution in [0.3, 0.4) is 0 Å². The summed E-state index contributed by atoms with van der Waals surface area (Å²) >= 11 is 6.08. The Bertz CT molecular complexity index is 613. The first kappa shape index (κ1) is 17.7. The van der Waals surface area contributed by atoms with Gasteiger partial charge in [0.05, 0.1) is 11.2 Å². The molecule has 2 rings (SSSR count). The molecule has 0 aliphatic heterocycles. The van der Waals surface area contributed by atoms with Crippen molar-refractivity contribution in [1.29, 1.82) is 0 Å². The van der Waals surface area contributed by atoms with Gasteiger partial charge in [-0.2, -0.15) is 0 Å². The molecular weight excluding hydrogens is 318 g/mol. The fourth-order valence-electron chi connectivity index (χ4n) is 2.99. The van der Waals surface area contributed by atoms with Gasteiger partial charge in [0.15, 0.2) is 5.69 Å². The van der Waals surface area contributed by atoms with Crippen molar-refractivity contribution in [2.75, 3.05) is 7.05 Å². The first-order chi connectivity index (χ1) is 10.8. The van der Waals surface area contributed by atoms with Crippen molar-refractivity contribution in [3.8, 4) is 0 Å². The van der Waals surface area contributed by atoms with Gasteiger partial charge in [0.25, 0.3) is 5.91 Å². The van der Waals surface area contributed by atoms with Crippen molar-refractivity contribution in [3.05, 3.63) is 22.7 Å². The van der Waals surface area contributed by atoms with Crippen LogP contribution in [0.15, 0.2) is 6.20 Å². The zero-order valence-electron chi connectivity index (χ0n) is 13.7. The van der Waals surface area contributed by atoms with E-state index in [1.54, 1.807) is 0 Å². The predicted molar refractivity (Wildman–Crippen MR) is 86.7 cm³/mol. The summed E-state index contributed by atoms with van der Waals surface area (Å²) in [4.78, 5) is 34.4. The van der Waals surface area contributed by atoms with Gasteiger partial charge >= 0.3 is 5.97 Å². The van der Waals surface area contributed by atoms with Gasteiger partial charge in [0, 0.05) is 13.0 Å². The van der Waals surface area contributed by atoms with E-state index >= 15 is 0 Å². The largest absolute Gasteiger partial charge is 0.479 e. The summed E-state index contributed by atoms with van der Waals surface area (Å²) in [5, 5.41) is 9.85. The number of nitrogens with zero attached hydrogens (tertiary/aromatic N) is 3. The molecular formula is C16H22ClN3O3. The van der Waals surface area contributed by atoms with E-state index in [0.29, 0.717) is 18.7 Å². The molecule has 0 bridgehead atoms. The number of amides is 1. The number of carbonyl (C=O) groups is 2. The van der Waals surface area contributed by atoms with Crippen LogP contribution in [0.1, 0.15) is 68.2 Å². The monoisotopic (exact) mass is 339 g/mol. The second-order valence-electron chi connectivity index (χ2n) is 6.34. The molecule has 1 heterocycles. The Morgan fingerprint density at radius 3 is 2.43 bits per heavy atom. The van der Waals surface area contributed by atoms with Gasteiger partial charge < -0.3 is 10.0 Å². The summed E-state index contributed by atoms with van der Waals surface area (Å²) in [7, 11) is 1.52. The molecule has 7 heteroatoms. The van der Waals surface area contributed by atoms with E-state index in [4.69, 9.17) is 11.6 Å². The van der Waals surface area contributed by atoms with Gasteiger partial charge in [0.2, 0.25) is 0 Å². The fraction of sp³-hybridized carbons (Fsp3) is 0.625. The van der Waals surface area contributed by atoms with E-state index in [-0.39, 0.29) is 16.6 Å². The zero-order chi connectivity index (χ0) is 17.2. The van der Waals surface area contributed by atoms with Crippen LogP contribution in [-0.2, 0) is 4.79 Å². The summed E-state index contributed by atoms with van der Waals surface area (Å²) in [6.45, 7) is 3.84. The summed E-state index contributed by atoms with van der Waals surface area (Å²) in [5.74, 6) is -0.877. The molecule has 1 N–H and O–H groups in total. The first-order valence-corrected chi connectivity index (χ1v) is 8.21. The van der Waals surface area contributed by atoms with Crippen molar-refractivity contribution in [2.24, 2.45) is 0 Å². The van der Waals surface area contributed by atoms with Crippen LogP contribution in [0.4, 0.5) is 0 Å². The number of carboxylic acid groups (broad SMARTS) is 1. The van der Waals surface area contributed by atoms with Crippen molar-refractivity contribution in [1.82, 2.24) is 14.9 Å². The number of hydrogen-bond acceptors (Lipinski definition) is 4. The summed E-state index contributed by atoms with van der Waals surface area (Å²) in [5.41, 5.74) is -1.11. The van der Waals surface area contributed by atoms with E-state index in [9.17, 15) is 14.7 Å².